The molecule has 0 aliphatic carbocycles. The molecule has 0 bridgehead atoms. The maximum Gasteiger partial charge on any atom is 0.0458 e. The first-order valence-corrected chi connectivity index (χ1v) is 6.47. The van der Waals surface area contributed by atoms with Gasteiger partial charge in [0.25, 0.3) is 0 Å². The Morgan fingerprint density at radius 1 is 1.25 bits per heavy atom. The van der Waals surface area contributed by atoms with Crippen molar-refractivity contribution in [1.82, 2.24) is 4.98 Å². The number of thiophene rings is 1. The molecule has 2 heterocycles. The predicted octanol–water partition coefficient (Wildman–Crippen LogP) is 4.17. The van der Waals surface area contributed by atoms with E-state index in [2.05, 4.69) is 44.0 Å². The highest BCUT2D eigenvalue weighted by Crippen LogP contribution is 2.25. The van der Waals surface area contributed by atoms with Gasteiger partial charge in [0.2, 0.25) is 0 Å². The summed E-state index contributed by atoms with van der Waals surface area (Å²) in [4.78, 5) is 7.26. The molecule has 0 spiro atoms. The van der Waals surface area contributed by atoms with Crippen LogP contribution in [0.4, 0.5) is 0 Å². The van der Waals surface area contributed by atoms with Gasteiger partial charge in [-0.3, -0.25) is 4.98 Å². The zero-order chi connectivity index (χ0) is 11.5. The van der Waals surface area contributed by atoms with E-state index in [1.807, 2.05) is 23.6 Å². The molecular weight excluding hydrogens is 214 g/mol. The third-order valence-electron chi connectivity index (χ3n) is 2.58. The Bertz CT molecular complexity index is 471. The second-order valence-corrected chi connectivity index (χ2v) is 5.66. The number of nitrogens with zero attached hydrogens (tertiary/aromatic N) is 1. The second-order valence-electron chi connectivity index (χ2n) is 4.46. The van der Waals surface area contributed by atoms with Crippen LogP contribution in [-0.4, -0.2) is 4.98 Å². The summed E-state index contributed by atoms with van der Waals surface area (Å²) in [5, 5.41) is 0. The van der Waals surface area contributed by atoms with Crippen LogP contribution in [0.5, 0.6) is 0 Å². The lowest BCUT2D eigenvalue weighted by atomic mass is 10.1. The Morgan fingerprint density at radius 2 is 2.06 bits per heavy atom. The van der Waals surface area contributed by atoms with Crippen LogP contribution in [0.15, 0.2) is 30.5 Å². The van der Waals surface area contributed by atoms with Gasteiger partial charge in [-0.25, -0.2) is 0 Å². The Morgan fingerprint density at radius 3 is 2.69 bits per heavy atom. The Kier molecular flexibility index (Phi) is 3.39. The zero-order valence-electron chi connectivity index (χ0n) is 10.0. The van der Waals surface area contributed by atoms with Crippen LogP contribution < -0.4 is 0 Å². The van der Waals surface area contributed by atoms with E-state index in [1.54, 1.807) is 0 Å². The second kappa shape index (κ2) is 4.79. The SMILES string of the molecule is Cc1ccnc(Cc2ccc(C(C)C)s2)c1. The minimum Gasteiger partial charge on any atom is -0.261 e. The summed E-state index contributed by atoms with van der Waals surface area (Å²) >= 11 is 1.90. The van der Waals surface area contributed by atoms with E-state index >= 15 is 0 Å². The monoisotopic (exact) mass is 231 g/mol. The fourth-order valence-corrected chi connectivity index (χ4v) is 2.70. The minimum atomic E-state index is 0.629. The standard InChI is InChI=1S/C14H17NS/c1-10(2)14-5-4-13(16-14)9-12-8-11(3)6-7-15-12/h4-8,10H,9H2,1-3H3. The highest BCUT2D eigenvalue weighted by Gasteiger charge is 2.05. The lowest BCUT2D eigenvalue weighted by Crippen LogP contribution is -1.89. The molecule has 0 aliphatic rings. The Labute approximate surface area is 101 Å². The molecule has 2 aromatic rings. The van der Waals surface area contributed by atoms with Gasteiger partial charge < -0.3 is 0 Å². The van der Waals surface area contributed by atoms with E-state index < -0.39 is 0 Å². The van der Waals surface area contributed by atoms with Gasteiger partial charge in [-0.05, 0) is 42.7 Å². The summed E-state index contributed by atoms with van der Waals surface area (Å²) in [6, 6.07) is 8.66. The molecule has 0 unspecified atom stereocenters. The van der Waals surface area contributed by atoms with Crippen LogP contribution >= 0.6 is 11.3 Å². The first-order chi connectivity index (χ1) is 7.65. The van der Waals surface area contributed by atoms with Crippen molar-refractivity contribution in [2.24, 2.45) is 0 Å². The third kappa shape index (κ3) is 2.70. The molecule has 0 atom stereocenters. The normalized spacial score (nSPS) is 11.0. The van der Waals surface area contributed by atoms with E-state index in [4.69, 9.17) is 0 Å². The maximum absolute atomic E-state index is 4.40. The maximum atomic E-state index is 4.40. The van der Waals surface area contributed by atoms with Crippen molar-refractivity contribution in [2.75, 3.05) is 0 Å². The lowest BCUT2D eigenvalue weighted by molar-refractivity contribution is 0.890. The number of hydrogen-bond donors (Lipinski definition) is 0. The summed E-state index contributed by atoms with van der Waals surface area (Å²) < 4.78 is 0. The van der Waals surface area contributed by atoms with Gasteiger partial charge in [0, 0.05) is 28.1 Å². The number of hydrogen-bond acceptors (Lipinski definition) is 2. The van der Waals surface area contributed by atoms with Crippen LogP contribution in [0, 0.1) is 6.92 Å². The predicted molar refractivity (Wildman–Crippen MR) is 70.2 cm³/mol. The molecule has 0 saturated heterocycles. The number of pyridine rings is 1. The van der Waals surface area contributed by atoms with E-state index in [9.17, 15) is 0 Å². The van der Waals surface area contributed by atoms with Crippen molar-refractivity contribution in [3.8, 4) is 0 Å². The van der Waals surface area contributed by atoms with Crippen LogP contribution in [-0.2, 0) is 6.42 Å². The third-order valence-corrected chi connectivity index (χ3v) is 3.96. The van der Waals surface area contributed by atoms with Gasteiger partial charge in [0.15, 0.2) is 0 Å². The van der Waals surface area contributed by atoms with E-state index in [-0.39, 0.29) is 0 Å². The molecule has 2 heteroatoms. The molecule has 2 aromatic heterocycles. The quantitative estimate of drug-likeness (QED) is 0.772. The first kappa shape index (κ1) is 11.3. The first-order valence-electron chi connectivity index (χ1n) is 5.65. The molecule has 0 aliphatic heterocycles. The van der Waals surface area contributed by atoms with Gasteiger partial charge in [0.1, 0.15) is 0 Å². The largest absolute Gasteiger partial charge is 0.261 e. The minimum absolute atomic E-state index is 0.629. The van der Waals surface area contributed by atoms with Crippen LogP contribution in [0.25, 0.3) is 0 Å². The average molecular weight is 231 g/mol. The smallest absolute Gasteiger partial charge is 0.0458 e. The highest BCUT2D eigenvalue weighted by atomic mass is 32.1. The molecule has 84 valence electrons. The van der Waals surface area contributed by atoms with Crippen molar-refractivity contribution < 1.29 is 0 Å². The molecule has 0 saturated carbocycles. The van der Waals surface area contributed by atoms with E-state index in [1.165, 1.54) is 15.3 Å². The van der Waals surface area contributed by atoms with Crippen LogP contribution in [0.3, 0.4) is 0 Å². The average Bonchev–Trinajstić information content (AvgIpc) is 2.66. The molecule has 1 nitrogen and oxygen atoms in total. The van der Waals surface area contributed by atoms with Gasteiger partial charge in [-0.1, -0.05) is 13.8 Å². The molecule has 2 rings (SSSR count). The summed E-state index contributed by atoms with van der Waals surface area (Å²) in [7, 11) is 0. The van der Waals surface area contributed by atoms with Crippen molar-refractivity contribution in [1.29, 1.82) is 0 Å². The molecule has 0 N–H and O–H groups in total. The number of rotatable bonds is 3. The number of aromatic nitrogens is 1. The van der Waals surface area contributed by atoms with E-state index in [0.29, 0.717) is 5.92 Å². The van der Waals surface area contributed by atoms with Gasteiger partial charge in [-0.15, -0.1) is 11.3 Å². The van der Waals surface area contributed by atoms with Gasteiger partial charge in [-0.2, -0.15) is 0 Å². The van der Waals surface area contributed by atoms with Crippen LogP contribution in [0.1, 0.15) is 40.8 Å². The Hall–Kier alpha value is -1.15. The fraction of sp³-hybridized carbons (Fsp3) is 0.357. The summed E-state index contributed by atoms with van der Waals surface area (Å²) in [6.07, 6.45) is 2.85. The number of aryl methyl sites for hydroxylation is 1. The van der Waals surface area contributed by atoms with Crippen molar-refractivity contribution in [3.05, 3.63) is 51.5 Å². The Balaban J connectivity index is 2.14. The molecule has 0 amide bonds. The summed E-state index contributed by atoms with van der Waals surface area (Å²) in [6.45, 7) is 6.58. The van der Waals surface area contributed by atoms with Crippen molar-refractivity contribution >= 4 is 11.3 Å². The van der Waals surface area contributed by atoms with Crippen LogP contribution in [0.2, 0.25) is 0 Å². The van der Waals surface area contributed by atoms with Crippen molar-refractivity contribution in [2.45, 2.75) is 33.1 Å². The molecule has 0 fully saturated rings. The summed E-state index contributed by atoms with van der Waals surface area (Å²) in [5.41, 5.74) is 2.45. The molecule has 0 radical (unpaired) electrons. The zero-order valence-corrected chi connectivity index (χ0v) is 10.8. The highest BCUT2D eigenvalue weighted by molar-refractivity contribution is 7.12. The van der Waals surface area contributed by atoms with Gasteiger partial charge in [0.05, 0.1) is 0 Å². The molecule has 16 heavy (non-hydrogen) atoms. The summed E-state index contributed by atoms with van der Waals surface area (Å²) in [5.74, 6) is 0.629. The molecule has 0 aromatic carbocycles. The lowest BCUT2D eigenvalue weighted by Gasteiger charge is -2.00. The van der Waals surface area contributed by atoms with Gasteiger partial charge >= 0.3 is 0 Å². The topological polar surface area (TPSA) is 12.9 Å². The molecular formula is C14H17NS. The van der Waals surface area contributed by atoms with E-state index in [0.717, 1.165) is 12.1 Å². The fourth-order valence-electron chi connectivity index (χ4n) is 1.67. The van der Waals surface area contributed by atoms with Crippen molar-refractivity contribution in [3.63, 3.8) is 0 Å².